The minimum Gasteiger partial charge on any atom is -0.350 e. The molecule has 0 bridgehead atoms. The van der Waals surface area contributed by atoms with Crippen LogP contribution < -0.4 is 4.90 Å². The summed E-state index contributed by atoms with van der Waals surface area (Å²) in [5, 5.41) is 18.6. The Balaban J connectivity index is 2.04. The van der Waals surface area contributed by atoms with Crippen molar-refractivity contribution < 1.29 is 0 Å². The van der Waals surface area contributed by atoms with Gasteiger partial charge < -0.3 is 4.90 Å². The molecule has 120 valence electrons. The Morgan fingerprint density at radius 1 is 1.26 bits per heavy atom. The summed E-state index contributed by atoms with van der Waals surface area (Å²) in [6, 6.07) is 8.76. The maximum absolute atomic E-state index is 9.50. The van der Waals surface area contributed by atoms with Crippen molar-refractivity contribution in [1.29, 1.82) is 5.26 Å². The van der Waals surface area contributed by atoms with Gasteiger partial charge in [0.2, 0.25) is 5.69 Å². The fourth-order valence-corrected chi connectivity index (χ4v) is 3.33. The van der Waals surface area contributed by atoms with Crippen molar-refractivity contribution in [3.8, 4) is 11.8 Å². The maximum atomic E-state index is 9.50. The van der Waals surface area contributed by atoms with Crippen LogP contribution in [0.1, 0.15) is 49.4 Å². The molecule has 0 radical (unpaired) electrons. The number of aromatic nitrogens is 3. The smallest absolute Gasteiger partial charge is 0.207 e. The van der Waals surface area contributed by atoms with Gasteiger partial charge in [0.25, 0.3) is 0 Å². The fraction of sp³-hybridized carbons (Fsp3) is 0.500. The number of aryl methyl sites for hydroxylation is 1. The molecule has 1 saturated heterocycles. The maximum Gasteiger partial charge on any atom is 0.207 e. The number of hydrogen-bond acceptors (Lipinski definition) is 4. The summed E-state index contributed by atoms with van der Waals surface area (Å²) in [4.78, 5) is 3.90. The van der Waals surface area contributed by atoms with Gasteiger partial charge in [-0.3, -0.25) is 0 Å². The standard InChI is InChI=1S/C18H23N5/c1-4-15-9-5-6-11-22(15)18-16(12-19)20-23(21-18)17-10-7-8-13(2)14(17)3/h7-8,10,15H,4-6,9,11H2,1-3H3. The van der Waals surface area contributed by atoms with Gasteiger partial charge in [-0.05, 0) is 56.7 Å². The quantitative estimate of drug-likeness (QED) is 0.870. The van der Waals surface area contributed by atoms with Crippen LogP contribution >= 0.6 is 0 Å². The van der Waals surface area contributed by atoms with E-state index in [0.29, 0.717) is 11.7 Å². The van der Waals surface area contributed by atoms with Gasteiger partial charge in [-0.15, -0.1) is 15.0 Å². The lowest BCUT2D eigenvalue weighted by Gasteiger charge is -2.35. The summed E-state index contributed by atoms with van der Waals surface area (Å²) in [5.41, 5.74) is 3.71. The van der Waals surface area contributed by atoms with Gasteiger partial charge in [-0.1, -0.05) is 19.1 Å². The van der Waals surface area contributed by atoms with E-state index in [2.05, 4.69) is 48.0 Å². The number of hydrogen-bond donors (Lipinski definition) is 0. The first-order valence-corrected chi connectivity index (χ1v) is 8.36. The molecule has 1 unspecified atom stereocenters. The highest BCUT2D eigenvalue weighted by Crippen LogP contribution is 2.28. The van der Waals surface area contributed by atoms with E-state index >= 15 is 0 Å². The zero-order valence-electron chi connectivity index (χ0n) is 14.1. The van der Waals surface area contributed by atoms with Gasteiger partial charge in [-0.25, -0.2) is 0 Å². The number of rotatable bonds is 3. The molecule has 0 aliphatic carbocycles. The summed E-state index contributed by atoms with van der Waals surface area (Å²) in [5.74, 6) is 0.736. The van der Waals surface area contributed by atoms with Gasteiger partial charge in [0.05, 0.1) is 5.69 Å². The van der Waals surface area contributed by atoms with Crippen molar-refractivity contribution in [2.45, 2.75) is 52.5 Å². The molecule has 1 aromatic carbocycles. The summed E-state index contributed by atoms with van der Waals surface area (Å²) >= 11 is 0. The monoisotopic (exact) mass is 309 g/mol. The lowest BCUT2D eigenvalue weighted by molar-refractivity contribution is 0.445. The minimum atomic E-state index is 0.422. The number of piperidine rings is 1. The van der Waals surface area contributed by atoms with Crippen LogP contribution in [0.4, 0.5) is 5.82 Å². The van der Waals surface area contributed by atoms with Gasteiger partial charge in [0, 0.05) is 12.6 Å². The topological polar surface area (TPSA) is 57.7 Å². The highest BCUT2D eigenvalue weighted by Gasteiger charge is 2.27. The molecule has 1 aromatic heterocycles. The predicted octanol–water partition coefficient (Wildman–Crippen LogP) is 3.52. The highest BCUT2D eigenvalue weighted by atomic mass is 15.5. The second-order valence-corrected chi connectivity index (χ2v) is 6.24. The molecule has 2 heterocycles. The van der Waals surface area contributed by atoms with E-state index in [9.17, 15) is 5.26 Å². The van der Waals surface area contributed by atoms with Crippen LogP contribution in [0.25, 0.3) is 5.69 Å². The molecule has 5 heteroatoms. The third-order valence-corrected chi connectivity index (χ3v) is 4.86. The third kappa shape index (κ3) is 2.81. The second-order valence-electron chi connectivity index (χ2n) is 6.24. The summed E-state index contributed by atoms with van der Waals surface area (Å²) < 4.78 is 0. The van der Waals surface area contributed by atoms with Crippen molar-refractivity contribution in [2.24, 2.45) is 0 Å². The Kier molecular flexibility index (Phi) is 4.33. The predicted molar refractivity (Wildman–Crippen MR) is 90.8 cm³/mol. The van der Waals surface area contributed by atoms with Gasteiger partial charge in [0.15, 0.2) is 5.82 Å². The van der Waals surface area contributed by atoms with Crippen molar-refractivity contribution in [3.05, 3.63) is 35.0 Å². The Hall–Kier alpha value is -2.35. The zero-order chi connectivity index (χ0) is 16.4. The second kappa shape index (κ2) is 6.41. The molecule has 0 saturated carbocycles. The van der Waals surface area contributed by atoms with Crippen LogP contribution in [0.3, 0.4) is 0 Å². The molecular formula is C18H23N5. The van der Waals surface area contributed by atoms with Crippen LogP contribution in [-0.2, 0) is 0 Å². The van der Waals surface area contributed by atoms with E-state index in [1.807, 2.05) is 12.1 Å². The molecule has 0 amide bonds. The molecule has 1 aliphatic rings. The Morgan fingerprint density at radius 3 is 2.83 bits per heavy atom. The van der Waals surface area contributed by atoms with Crippen molar-refractivity contribution in [2.75, 3.05) is 11.4 Å². The SMILES string of the molecule is CCC1CCCCN1c1nn(-c2cccc(C)c2C)nc1C#N. The lowest BCUT2D eigenvalue weighted by atomic mass is 10.00. The van der Waals surface area contributed by atoms with Gasteiger partial charge in [-0.2, -0.15) is 5.26 Å². The Labute approximate surface area is 137 Å². The molecule has 1 fully saturated rings. The Bertz CT molecular complexity index is 740. The molecular weight excluding hydrogens is 286 g/mol. The van der Waals surface area contributed by atoms with E-state index in [1.54, 1.807) is 4.80 Å². The molecule has 5 nitrogen and oxygen atoms in total. The average molecular weight is 309 g/mol. The number of nitrogens with zero attached hydrogens (tertiary/aromatic N) is 5. The van der Waals surface area contributed by atoms with Crippen LogP contribution in [0.2, 0.25) is 0 Å². The lowest BCUT2D eigenvalue weighted by Crippen LogP contribution is -2.39. The summed E-state index contributed by atoms with van der Waals surface area (Å²) in [6.07, 6.45) is 4.64. The normalized spacial score (nSPS) is 18.0. The zero-order valence-corrected chi connectivity index (χ0v) is 14.1. The first-order chi connectivity index (χ1) is 11.2. The van der Waals surface area contributed by atoms with Crippen LogP contribution in [0.15, 0.2) is 18.2 Å². The van der Waals surface area contributed by atoms with Gasteiger partial charge in [0.1, 0.15) is 6.07 Å². The molecule has 2 aromatic rings. The van der Waals surface area contributed by atoms with Crippen molar-refractivity contribution >= 4 is 5.82 Å². The number of nitriles is 1. The molecule has 3 rings (SSSR count). The molecule has 0 spiro atoms. The van der Waals surface area contributed by atoms with Crippen LogP contribution in [0, 0.1) is 25.2 Å². The molecule has 1 atom stereocenters. The van der Waals surface area contributed by atoms with Crippen LogP contribution in [-0.4, -0.2) is 27.6 Å². The van der Waals surface area contributed by atoms with Crippen LogP contribution in [0.5, 0.6) is 0 Å². The van der Waals surface area contributed by atoms with Crippen molar-refractivity contribution in [1.82, 2.24) is 15.0 Å². The molecule has 23 heavy (non-hydrogen) atoms. The van der Waals surface area contributed by atoms with E-state index in [1.165, 1.54) is 12.0 Å². The largest absolute Gasteiger partial charge is 0.350 e. The van der Waals surface area contributed by atoms with Gasteiger partial charge >= 0.3 is 0 Å². The highest BCUT2D eigenvalue weighted by molar-refractivity contribution is 5.52. The Morgan fingerprint density at radius 2 is 2.09 bits per heavy atom. The summed E-state index contributed by atoms with van der Waals surface area (Å²) in [7, 11) is 0. The third-order valence-electron chi connectivity index (χ3n) is 4.86. The first kappa shape index (κ1) is 15.5. The van der Waals surface area contributed by atoms with E-state index < -0.39 is 0 Å². The summed E-state index contributed by atoms with van der Waals surface area (Å²) in [6.45, 7) is 7.30. The van der Waals surface area contributed by atoms with Crippen molar-refractivity contribution in [3.63, 3.8) is 0 Å². The van der Waals surface area contributed by atoms with E-state index in [0.717, 1.165) is 42.9 Å². The minimum absolute atomic E-state index is 0.422. The first-order valence-electron chi connectivity index (χ1n) is 8.36. The van der Waals surface area contributed by atoms with E-state index in [4.69, 9.17) is 0 Å². The number of anilines is 1. The average Bonchev–Trinajstić information content (AvgIpc) is 3.01. The molecule has 1 aliphatic heterocycles. The van der Waals surface area contributed by atoms with E-state index in [-0.39, 0.29) is 0 Å². The fourth-order valence-electron chi connectivity index (χ4n) is 3.33. The molecule has 0 N–H and O–H groups in total. The number of benzene rings is 1.